The highest BCUT2D eigenvalue weighted by Gasteiger charge is 2.24. The third kappa shape index (κ3) is 4.67. The fourth-order valence-corrected chi connectivity index (χ4v) is 4.41. The normalized spacial score (nSPS) is 21.3. The molecule has 2 aromatic heterocycles. The van der Waals surface area contributed by atoms with E-state index >= 15 is 0 Å². The molecule has 3 aromatic rings. The van der Waals surface area contributed by atoms with Crippen molar-refractivity contribution in [1.29, 1.82) is 0 Å². The molecule has 0 atom stereocenters. The topological polar surface area (TPSA) is 97.3 Å². The van der Waals surface area contributed by atoms with Crippen molar-refractivity contribution in [2.24, 2.45) is 0 Å². The van der Waals surface area contributed by atoms with Crippen LogP contribution in [0.1, 0.15) is 25.7 Å². The van der Waals surface area contributed by atoms with E-state index in [4.69, 9.17) is 9.47 Å². The average molecular weight is 436 g/mol. The van der Waals surface area contributed by atoms with Gasteiger partial charge in [0.2, 0.25) is 0 Å². The van der Waals surface area contributed by atoms with Gasteiger partial charge in [0.15, 0.2) is 0 Å². The molecule has 1 aromatic carbocycles. The summed E-state index contributed by atoms with van der Waals surface area (Å²) in [4.78, 5) is 19.9. The Hall–Kier alpha value is -3.20. The first kappa shape index (κ1) is 20.7. The summed E-state index contributed by atoms with van der Waals surface area (Å²) >= 11 is 0. The molecule has 32 heavy (non-hydrogen) atoms. The quantitative estimate of drug-likeness (QED) is 0.605. The lowest BCUT2D eigenvalue weighted by molar-refractivity contribution is 0.122. The van der Waals surface area contributed by atoms with Crippen LogP contribution in [0.5, 0.6) is 5.75 Å². The Kier molecular flexibility index (Phi) is 6.15. The zero-order chi connectivity index (χ0) is 21.8. The number of nitrogens with zero attached hydrogens (tertiary/aromatic N) is 5. The molecule has 168 valence electrons. The monoisotopic (exact) mass is 435 g/mol. The lowest BCUT2D eigenvalue weighted by Crippen LogP contribution is -2.36. The minimum absolute atomic E-state index is 0.163. The molecule has 0 unspecified atom stereocenters. The van der Waals surface area contributed by atoms with Crippen LogP contribution in [-0.4, -0.2) is 65.4 Å². The molecule has 9 heteroatoms. The Bertz CT molecular complexity index is 1050. The van der Waals surface area contributed by atoms with Gasteiger partial charge in [0, 0.05) is 56.4 Å². The van der Waals surface area contributed by atoms with Crippen molar-refractivity contribution in [1.82, 2.24) is 19.9 Å². The molecular weight excluding hydrogens is 406 g/mol. The number of hydrogen-bond donors (Lipinski definition) is 2. The van der Waals surface area contributed by atoms with Gasteiger partial charge in [-0.1, -0.05) is 0 Å². The molecule has 1 saturated carbocycles. The van der Waals surface area contributed by atoms with E-state index in [0.29, 0.717) is 6.04 Å². The predicted molar refractivity (Wildman–Crippen MR) is 124 cm³/mol. The van der Waals surface area contributed by atoms with E-state index in [1.54, 1.807) is 18.7 Å². The second-order valence-corrected chi connectivity index (χ2v) is 8.24. The number of ether oxygens (including phenoxy) is 2. The summed E-state index contributed by atoms with van der Waals surface area (Å²) < 4.78 is 12.0. The molecule has 0 radical (unpaired) electrons. The summed E-state index contributed by atoms with van der Waals surface area (Å²) in [6.45, 7) is 3.24. The maximum Gasteiger partial charge on any atom is 0.149 e. The number of rotatable bonds is 6. The molecule has 1 saturated heterocycles. The van der Waals surface area contributed by atoms with Crippen LogP contribution >= 0.6 is 0 Å². The van der Waals surface area contributed by atoms with Gasteiger partial charge < -0.3 is 25.0 Å². The molecule has 5 rings (SSSR count). The Morgan fingerprint density at radius 3 is 2.53 bits per heavy atom. The first-order valence-corrected chi connectivity index (χ1v) is 11.3. The molecule has 9 nitrogen and oxygen atoms in total. The van der Waals surface area contributed by atoms with Crippen molar-refractivity contribution in [3.8, 4) is 5.75 Å². The summed E-state index contributed by atoms with van der Waals surface area (Å²) in [5.74, 6) is 2.49. The summed E-state index contributed by atoms with van der Waals surface area (Å²) in [5, 5.41) is 6.58. The van der Waals surface area contributed by atoms with E-state index in [-0.39, 0.29) is 6.10 Å². The van der Waals surface area contributed by atoms with Gasteiger partial charge in [-0.15, -0.1) is 0 Å². The zero-order valence-electron chi connectivity index (χ0n) is 18.3. The lowest BCUT2D eigenvalue weighted by Gasteiger charge is -2.31. The van der Waals surface area contributed by atoms with Crippen LogP contribution in [-0.2, 0) is 4.74 Å². The Labute approximate surface area is 187 Å². The number of anilines is 3. The minimum atomic E-state index is 0.163. The van der Waals surface area contributed by atoms with Crippen LogP contribution in [0.25, 0.3) is 11.0 Å². The van der Waals surface area contributed by atoms with Gasteiger partial charge in [-0.05, 0) is 31.7 Å². The standard InChI is InChI=1S/C23H29N7O2/c1-24-21-14-22(28-15-27-21)29-16-2-4-18(5-3-16)32-20-13-17(30-8-10-31-11-9-30)12-19-23(20)26-7-6-25-19/h6-7,12-16,18H,2-5,8-11H2,1H3,(H2,24,27,28,29). The van der Waals surface area contributed by atoms with Crippen LogP contribution in [0.4, 0.5) is 17.3 Å². The smallest absolute Gasteiger partial charge is 0.149 e. The second kappa shape index (κ2) is 9.52. The first-order valence-electron chi connectivity index (χ1n) is 11.3. The third-order valence-corrected chi connectivity index (χ3v) is 6.14. The largest absolute Gasteiger partial charge is 0.488 e. The van der Waals surface area contributed by atoms with Crippen molar-refractivity contribution in [3.63, 3.8) is 0 Å². The number of fused-ring (bicyclic) bond motifs is 1. The van der Waals surface area contributed by atoms with Gasteiger partial charge in [-0.25, -0.2) is 15.0 Å². The molecule has 0 amide bonds. The molecule has 2 fully saturated rings. The third-order valence-electron chi connectivity index (χ3n) is 6.14. The minimum Gasteiger partial charge on any atom is -0.488 e. The highest BCUT2D eigenvalue weighted by molar-refractivity contribution is 5.85. The highest BCUT2D eigenvalue weighted by Crippen LogP contribution is 2.33. The maximum atomic E-state index is 6.51. The van der Waals surface area contributed by atoms with Crippen LogP contribution in [0.2, 0.25) is 0 Å². The summed E-state index contributed by atoms with van der Waals surface area (Å²) in [6, 6.07) is 6.53. The van der Waals surface area contributed by atoms with Gasteiger partial charge in [0.1, 0.15) is 29.2 Å². The molecule has 2 aliphatic rings. The molecule has 3 heterocycles. The molecule has 0 bridgehead atoms. The van der Waals surface area contributed by atoms with E-state index in [9.17, 15) is 0 Å². The zero-order valence-corrected chi connectivity index (χ0v) is 18.3. The number of hydrogen-bond acceptors (Lipinski definition) is 9. The fourth-order valence-electron chi connectivity index (χ4n) is 4.41. The Balaban J connectivity index is 1.26. The van der Waals surface area contributed by atoms with Gasteiger partial charge in [0.05, 0.1) is 24.8 Å². The van der Waals surface area contributed by atoms with Gasteiger partial charge >= 0.3 is 0 Å². The van der Waals surface area contributed by atoms with Crippen molar-refractivity contribution in [3.05, 3.63) is 36.9 Å². The predicted octanol–water partition coefficient (Wildman–Crippen LogP) is 3.10. The van der Waals surface area contributed by atoms with Crippen molar-refractivity contribution in [2.75, 3.05) is 48.9 Å². The number of benzene rings is 1. The van der Waals surface area contributed by atoms with E-state index in [1.807, 2.05) is 13.1 Å². The molecule has 0 spiro atoms. The van der Waals surface area contributed by atoms with Gasteiger partial charge in [0.25, 0.3) is 0 Å². The number of nitrogens with one attached hydrogen (secondary N) is 2. The van der Waals surface area contributed by atoms with Crippen LogP contribution in [0.15, 0.2) is 36.9 Å². The summed E-state index contributed by atoms with van der Waals surface area (Å²) in [6.07, 6.45) is 9.21. The number of morpholine rings is 1. The lowest BCUT2D eigenvalue weighted by atomic mass is 9.93. The summed E-state index contributed by atoms with van der Waals surface area (Å²) in [5.41, 5.74) is 2.81. The molecular formula is C23H29N7O2. The highest BCUT2D eigenvalue weighted by atomic mass is 16.5. The van der Waals surface area contributed by atoms with Crippen LogP contribution < -0.4 is 20.3 Å². The van der Waals surface area contributed by atoms with E-state index in [2.05, 4.69) is 47.6 Å². The fraction of sp³-hybridized carbons (Fsp3) is 0.478. The van der Waals surface area contributed by atoms with E-state index in [1.165, 1.54) is 0 Å². The second-order valence-electron chi connectivity index (χ2n) is 8.24. The van der Waals surface area contributed by atoms with E-state index < -0.39 is 0 Å². The first-order chi connectivity index (χ1) is 15.8. The Morgan fingerprint density at radius 2 is 1.72 bits per heavy atom. The van der Waals surface area contributed by atoms with Crippen LogP contribution in [0.3, 0.4) is 0 Å². The molecule has 2 N–H and O–H groups in total. The van der Waals surface area contributed by atoms with Crippen LogP contribution in [0, 0.1) is 0 Å². The maximum absolute atomic E-state index is 6.51. The SMILES string of the molecule is CNc1cc(NC2CCC(Oc3cc(N4CCOCC4)cc4nccnc34)CC2)ncn1. The Morgan fingerprint density at radius 1 is 0.938 bits per heavy atom. The van der Waals surface area contributed by atoms with Crippen molar-refractivity contribution in [2.45, 2.75) is 37.8 Å². The van der Waals surface area contributed by atoms with Crippen molar-refractivity contribution < 1.29 is 9.47 Å². The molecule has 1 aliphatic heterocycles. The summed E-state index contributed by atoms with van der Waals surface area (Å²) in [7, 11) is 1.86. The van der Waals surface area contributed by atoms with Gasteiger partial charge in [-0.3, -0.25) is 4.98 Å². The van der Waals surface area contributed by atoms with Crippen molar-refractivity contribution >= 4 is 28.4 Å². The van der Waals surface area contributed by atoms with E-state index in [0.717, 1.165) is 86.1 Å². The molecule has 1 aliphatic carbocycles. The van der Waals surface area contributed by atoms with Gasteiger partial charge in [-0.2, -0.15) is 0 Å². The average Bonchev–Trinajstić information content (AvgIpc) is 2.86. The number of aromatic nitrogens is 4.